The van der Waals surface area contributed by atoms with Crippen LogP contribution in [0.15, 0.2) is 36.9 Å². The Morgan fingerprint density at radius 2 is 2.18 bits per heavy atom. The third-order valence-corrected chi connectivity index (χ3v) is 4.77. The second-order valence-corrected chi connectivity index (χ2v) is 6.39. The van der Waals surface area contributed by atoms with Gasteiger partial charge in [0, 0.05) is 25.5 Å². The van der Waals surface area contributed by atoms with Gasteiger partial charge in [-0.25, -0.2) is 4.98 Å². The third kappa shape index (κ3) is 3.45. The zero-order valence-electron chi connectivity index (χ0n) is 12.1. The van der Waals surface area contributed by atoms with Crippen molar-refractivity contribution in [2.45, 2.75) is 25.3 Å². The first-order valence-corrected chi connectivity index (χ1v) is 8.08. The highest BCUT2D eigenvalue weighted by molar-refractivity contribution is 6.42. The summed E-state index contributed by atoms with van der Waals surface area (Å²) >= 11 is 11.9. The van der Waals surface area contributed by atoms with Gasteiger partial charge in [-0.3, -0.25) is 4.79 Å². The standard InChI is InChI=1S/C16H17Cl2N3O/c17-14-4-3-12(8-15(14)18)9-16(22)20-6-1-2-13(10-20)21-7-5-19-11-21/h3-5,7-8,11,13H,1-2,6,9-10H2. The van der Waals surface area contributed by atoms with E-state index in [9.17, 15) is 4.79 Å². The van der Waals surface area contributed by atoms with E-state index >= 15 is 0 Å². The van der Waals surface area contributed by atoms with E-state index in [1.807, 2.05) is 23.5 Å². The number of likely N-dealkylation sites (tertiary alicyclic amines) is 1. The Morgan fingerprint density at radius 1 is 1.32 bits per heavy atom. The van der Waals surface area contributed by atoms with Crippen LogP contribution in [0, 0.1) is 0 Å². The van der Waals surface area contributed by atoms with E-state index in [0.29, 0.717) is 22.5 Å². The Hall–Kier alpha value is -1.52. The number of benzene rings is 1. The van der Waals surface area contributed by atoms with Crippen molar-refractivity contribution in [1.29, 1.82) is 0 Å². The molecule has 116 valence electrons. The average Bonchev–Trinajstić information content (AvgIpc) is 3.05. The number of nitrogens with zero attached hydrogens (tertiary/aromatic N) is 3. The van der Waals surface area contributed by atoms with Crippen molar-refractivity contribution in [3.8, 4) is 0 Å². The Balaban J connectivity index is 1.65. The molecule has 1 aliphatic rings. The maximum atomic E-state index is 12.5. The molecule has 6 heteroatoms. The van der Waals surface area contributed by atoms with Crippen molar-refractivity contribution in [3.05, 3.63) is 52.5 Å². The summed E-state index contributed by atoms with van der Waals surface area (Å²) in [5.74, 6) is 0.128. The van der Waals surface area contributed by atoms with Crippen molar-refractivity contribution in [2.24, 2.45) is 0 Å². The van der Waals surface area contributed by atoms with Gasteiger partial charge in [-0.1, -0.05) is 29.3 Å². The van der Waals surface area contributed by atoms with E-state index in [2.05, 4.69) is 9.55 Å². The Bertz CT molecular complexity index is 657. The smallest absolute Gasteiger partial charge is 0.227 e. The SMILES string of the molecule is O=C(Cc1ccc(Cl)c(Cl)c1)N1CCCC(n2ccnc2)C1. The van der Waals surface area contributed by atoms with Gasteiger partial charge >= 0.3 is 0 Å². The molecule has 3 rings (SSSR count). The van der Waals surface area contributed by atoms with Crippen LogP contribution < -0.4 is 0 Å². The molecular formula is C16H17Cl2N3O. The molecule has 1 fully saturated rings. The van der Waals surface area contributed by atoms with Gasteiger partial charge in [0.05, 0.1) is 28.8 Å². The second-order valence-electron chi connectivity index (χ2n) is 5.57. The Morgan fingerprint density at radius 3 is 2.91 bits per heavy atom. The summed E-state index contributed by atoms with van der Waals surface area (Å²) in [5.41, 5.74) is 0.893. The number of imidazole rings is 1. The lowest BCUT2D eigenvalue weighted by molar-refractivity contribution is -0.132. The summed E-state index contributed by atoms with van der Waals surface area (Å²) in [7, 11) is 0. The number of halogens is 2. The van der Waals surface area contributed by atoms with E-state index in [0.717, 1.165) is 31.5 Å². The van der Waals surface area contributed by atoms with Gasteiger partial charge in [-0.05, 0) is 30.5 Å². The minimum absolute atomic E-state index is 0.128. The quantitative estimate of drug-likeness (QED) is 0.858. The minimum atomic E-state index is 0.128. The van der Waals surface area contributed by atoms with Crippen LogP contribution in [-0.4, -0.2) is 33.4 Å². The first-order valence-electron chi connectivity index (χ1n) is 7.32. The van der Waals surface area contributed by atoms with Gasteiger partial charge in [0.25, 0.3) is 0 Å². The molecule has 1 unspecified atom stereocenters. The number of amides is 1. The summed E-state index contributed by atoms with van der Waals surface area (Å²) in [4.78, 5) is 18.5. The molecule has 1 atom stereocenters. The first kappa shape index (κ1) is 15.4. The van der Waals surface area contributed by atoms with Crippen molar-refractivity contribution >= 4 is 29.1 Å². The summed E-state index contributed by atoms with van der Waals surface area (Å²) in [6.07, 6.45) is 7.99. The van der Waals surface area contributed by atoms with Gasteiger partial charge < -0.3 is 9.47 Å². The van der Waals surface area contributed by atoms with Crippen molar-refractivity contribution in [3.63, 3.8) is 0 Å². The lowest BCUT2D eigenvalue weighted by Crippen LogP contribution is -2.41. The summed E-state index contributed by atoms with van der Waals surface area (Å²) < 4.78 is 2.08. The van der Waals surface area contributed by atoms with Crippen molar-refractivity contribution in [2.75, 3.05) is 13.1 Å². The fourth-order valence-electron chi connectivity index (χ4n) is 2.85. The topological polar surface area (TPSA) is 38.1 Å². The van der Waals surface area contributed by atoms with Crippen LogP contribution in [0.1, 0.15) is 24.4 Å². The summed E-state index contributed by atoms with van der Waals surface area (Å²) in [6, 6.07) is 5.66. The molecule has 4 nitrogen and oxygen atoms in total. The number of rotatable bonds is 3. The van der Waals surface area contributed by atoms with E-state index in [-0.39, 0.29) is 5.91 Å². The third-order valence-electron chi connectivity index (χ3n) is 4.04. The molecule has 0 aliphatic carbocycles. The number of hydrogen-bond donors (Lipinski definition) is 0. The van der Waals surface area contributed by atoms with E-state index in [4.69, 9.17) is 23.2 Å². The normalized spacial score (nSPS) is 18.5. The van der Waals surface area contributed by atoms with Crippen LogP contribution in [-0.2, 0) is 11.2 Å². The number of aromatic nitrogens is 2. The van der Waals surface area contributed by atoms with Crippen LogP contribution in [0.3, 0.4) is 0 Å². The van der Waals surface area contributed by atoms with Crippen molar-refractivity contribution < 1.29 is 4.79 Å². The van der Waals surface area contributed by atoms with Crippen molar-refractivity contribution in [1.82, 2.24) is 14.5 Å². The predicted octanol–water partition coefficient (Wildman–Crippen LogP) is 3.60. The first-order chi connectivity index (χ1) is 10.6. The molecule has 0 spiro atoms. The molecule has 1 aromatic carbocycles. The molecule has 1 saturated heterocycles. The van der Waals surface area contributed by atoms with Crippen LogP contribution >= 0.6 is 23.2 Å². The highest BCUT2D eigenvalue weighted by Gasteiger charge is 2.24. The van der Waals surface area contributed by atoms with Crippen LogP contribution in [0.4, 0.5) is 0 Å². The highest BCUT2D eigenvalue weighted by Crippen LogP contribution is 2.24. The monoisotopic (exact) mass is 337 g/mol. The molecule has 2 heterocycles. The lowest BCUT2D eigenvalue weighted by atomic mass is 10.0. The molecule has 0 radical (unpaired) electrons. The number of carbonyl (C=O) groups excluding carboxylic acids is 1. The maximum Gasteiger partial charge on any atom is 0.227 e. The van der Waals surface area contributed by atoms with Gasteiger partial charge in [0.15, 0.2) is 0 Å². The zero-order chi connectivity index (χ0) is 15.5. The Kier molecular flexibility index (Phi) is 4.69. The van der Waals surface area contributed by atoms with E-state index in [1.165, 1.54) is 0 Å². The lowest BCUT2D eigenvalue weighted by Gasteiger charge is -2.33. The summed E-state index contributed by atoms with van der Waals surface area (Å²) in [5, 5.41) is 0.998. The fourth-order valence-corrected chi connectivity index (χ4v) is 3.17. The van der Waals surface area contributed by atoms with E-state index < -0.39 is 0 Å². The molecule has 0 bridgehead atoms. The second kappa shape index (κ2) is 6.71. The van der Waals surface area contributed by atoms with Crippen LogP contribution in [0.25, 0.3) is 0 Å². The summed E-state index contributed by atoms with van der Waals surface area (Å²) in [6.45, 7) is 1.54. The minimum Gasteiger partial charge on any atom is -0.340 e. The molecule has 1 aliphatic heterocycles. The zero-order valence-corrected chi connectivity index (χ0v) is 13.6. The molecule has 2 aromatic rings. The fraction of sp³-hybridized carbons (Fsp3) is 0.375. The Labute approximate surface area is 139 Å². The predicted molar refractivity (Wildman–Crippen MR) is 87.2 cm³/mol. The largest absolute Gasteiger partial charge is 0.340 e. The molecule has 0 N–H and O–H groups in total. The van der Waals surface area contributed by atoms with Gasteiger partial charge in [-0.2, -0.15) is 0 Å². The van der Waals surface area contributed by atoms with Crippen LogP contribution in [0.5, 0.6) is 0 Å². The molecule has 22 heavy (non-hydrogen) atoms. The molecule has 0 saturated carbocycles. The highest BCUT2D eigenvalue weighted by atomic mass is 35.5. The average molecular weight is 338 g/mol. The van der Waals surface area contributed by atoms with Crippen LogP contribution in [0.2, 0.25) is 10.0 Å². The molecular weight excluding hydrogens is 321 g/mol. The van der Waals surface area contributed by atoms with Gasteiger partial charge in [0.1, 0.15) is 0 Å². The number of carbonyl (C=O) groups is 1. The van der Waals surface area contributed by atoms with Gasteiger partial charge in [-0.15, -0.1) is 0 Å². The number of piperidine rings is 1. The molecule has 1 amide bonds. The number of hydrogen-bond acceptors (Lipinski definition) is 2. The maximum absolute atomic E-state index is 12.5. The van der Waals surface area contributed by atoms with Gasteiger partial charge in [0.2, 0.25) is 5.91 Å². The molecule has 1 aromatic heterocycles. The van der Waals surface area contributed by atoms with E-state index in [1.54, 1.807) is 18.3 Å².